The van der Waals surface area contributed by atoms with Crippen molar-refractivity contribution in [3.05, 3.63) is 52.1 Å². The highest BCUT2D eigenvalue weighted by molar-refractivity contribution is 9.10. The highest BCUT2D eigenvalue weighted by Gasteiger charge is 2.37. The smallest absolute Gasteiger partial charge is 0.254 e. The molecule has 0 unspecified atom stereocenters. The van der Waals surface area contributed by atoms with Gasteiger partial charge in [0.25, 0.3) is 5.91 Å². The summed E-state index contributed by atoms with van der Waals surface area (Å²) < 4.78 is 2.61. The van der Waals surface area contributed by atoms with Gasteiger partial charge in [-0.15, -0.1) is 5.10 Å². The highest BCUT2D eigenvalue weighted by Crippen LogP contribution is 2.39. The molecule has 25 heavy (non-hydrogen) atoms. The first-order chi connectivity index (χ1) is 12.1. The van der Waals surface area contributed by atoms with Crippen LogP contribution in [-0.2, 0) is 12.6 Å². The van der Waals surface area contributed by atoms with Crippen molar-refractivity contribution in [1.29, 1.82) is 0 Å². The van der Waals surface area contributed by atoms with E-state index in [-0.39, 0.29) is 11.4 Å². The van der Waals surface area contributed by atoms with Gasteiger partial charge in [0.05, 0.1) is 11.1 Å². The molecule has 0 radical (unpaired) electrons. The van der Waals surface area contributed by atoms with Crippen LogP contribution in [-0.4, -0.2) is 25.9 Å². The number of nitrogens with one attached hydrogen (secondary N) is 1. The Bertz CT molecular complexity index is 928. The molecular formula is C18H18BrN5O. The molecule has 1 amide bonds. The Balaban J connectivity index is 1.70. The van der Waals surface area contributed by atoms with Crippen LogP contribution in [0.3, 0.4) is 0 Å². The first-order valence-corrected chi connectivity index (χ1v) is 9.11. The summed E-state index contributed by atoms with van der Waals surface area (Å²) in [5, 5.41) is 11.4. The lowest BCUT2D eigenvalue weighted by Gasteiger charge is -2.31. The number of rotatable bonds is 3. The Labute approximate surface area is 153 Å². The third-order valence-corrected chi connectivity index (χ3v) is 5.47. The van der Waals surface area contributed by atoms with Crippen LogP contribution in [0.2, 0.25) is 0 Å². The predicted octanol–water partition coefficient (Wildman–Crippen LogP) is 3.33. The van der Waals surface area contributed by atoms with Gasteiger partial charge in [0.1, 0.15) is 5.52 Å². The number of benzene rings is 1. The third-order valence-electron chi connectivity index (χ3n) is 4.94. The average molecular weight is 400 g/mol. The molecule has 0 atom stereocenters. The van der Waals surface area contributed by atoms with E-state index < -0.39 is 0 Å². The molecule has 2 heterocycles. The molecule has 1 fully saturated rings. The molecule has 0 saturated heterocycles. The van der Waals surface area contributed by atoms with Crippen molar-refractivity contribution < 1.29 is 4.79 Å². The number of amides is 1. The van der Waals surface area contributed by atoms with Gasteiger partial charge in [-0.3, -0.25) is 4.79 Å². The van der Waals surface area contributed by atoms with Crippen molar-refractivity contribution in [1.82, 2.24) is 25.3 Å². The van der Waals surface area contributed by atoms with E-state index in [1.807, 2.05) is 12.1 Å². The summed E-state index contributed by atoms with van der Waals surface area (Å²) in [6.45, 7) is 0. The summed E-state index contributed by atoms with van der Waals surface area (Å²) in [6, 6.07) is 9.92. The van der Waals surface area contributed by atoms with Gasteiger partial charge in [0.2, 0.25) is 0 Å². The zero-order chi connectivity index (χ0) is 17.4. The molecule has 2 aromatic heterocycles. The van der Waals surface area contributed by atoms with Gasteiger partial charge in [-0.1, -0.05) is 46.1 Å². The minimum Gasteiger partial charge on any atom is -0.342 e. The van der Waals surface area contributed by atoms with Gasteiger partial charge in [0, 0.05) is 17.7 Å². The van der Waals surface area contributed by atoms with E-state index in [4.69, 9.17) is 0 Å². The molecule has 0 bridgehead atoms. The van der Waals surface area contributed by atoms with E-state index in [1.165, 1.54) is 0 Å². The van der Waals surface area contributed by atoms with Gasteiger partial charge < -0.3 is 5.32 Å². The van der Waals surface area contributed by atoms with Gasteiger partial charge >= 0.3 is 0 Å². The lowest BCUT2D eigenvalue weighted by Crippen LogP contribution is -2.43. The predicted molar refractivity (Wildman–Crippen MR) is 98.1 cm³/mol. The maximum Gasteiger partial charge on any atom is 0.254 e. The van der Waals surface area contributed by atoms with Crippen LogP contribution in [0.15, 0.2) is 41.0 Å². The molecule has 3 aromatic rings. The van der Waals surface area contributed by atoms with E-state index in [0.29, 0.717) is 16.7 Å². The van der Waals surface area contributed by atoms with Crippen molar-refractivity contribution in [3.63, 3.8) is 0 Å². The molecule has 0 aliphatic heterocycles. The Hall–Kier alpha value is -2.28. The first-order valence-electron chi connectivity index (χ1n) is 8.32. The second-order valence-electron chi connectivity index (χ2n) is 6.49. The zero-order valence-corrected chi connectivity index (χ0v) is 15.5. The second-order valence-corrected chi connectivity index (χ2v) is 7.41. The van der Waals surface area contributed by atoms with Crippen LogP contribution in [0.25, 0.3) is 11.2 Å². The minimum atomic E-state index is -0.324. The van der Waals surface area contributed by atoms with Crippen molar-refractivity contribution in [3.8, 4) is 0 Å². The van der Waals surface area contributed by atoms with Crippen LogP contribution >= 0.6 is 15.9 Å². The zero-order valence-electron chi connectivity index (χ0n) is 13.9. The molecule has 1 saturated carbocycles. The topological polar surface area (TPSA) is 72.7 Å². The lowest BCUT2D eigenvalue weighted by atomic mass is 9.88. The number of hydrogen-bond acceptors (Lipinski definition) is 4. The fourth-order valence-electron chi connectivity index (χ4n) is 3.63. The molecule has 1 aromatic carbocycles. The Morgan fingerprint density at radius 2 is 1.92 bits per heavy atom. The monoisotopic (exact) mass is 399 g/mol. The van der Waals surface area contributed by atoms with Gasteiger partial charge in [0.15, 0.2) is 5.65 Å². The molecular weight excluding hydrogens is 382 g/mol. The van der Waals surface area contributed by atoms with Crippen LogP contribution < -0.4 is 5.32 Å². The fourth-order valence-corrected chi connectivity index (χ4v) is 3.90. The number of hydrogen-bond donors (Lipinski definition) is 1. The summed E-state index contributed by atoms with van der Waals surface area (Å²) in [5.74, 6) is -0.127. The van der Waals surface area contributed by atoms with Crippen molar-refractivity contribution in [2.45, 2.75) is 31.2 Å². The van der Waals surface area contributed by atoms with Crippen LogP contribution in [0, 0.1) is 0 Å². The number of carbonyl (C=O) groups is 1. The summed E-state index contributed by atoms with van der Waals surface area (Å²) >= 11 is 3.48. The first kappa shape index (κ1) is 16.2. The molecule has 1 N–H and O–H groups in total. The lowest BCUT2D eigenvalue weighted by molar-refractivity contribution is 0.0899. The number of pyridine rings is 1. The summed E-state index contributed by atoms with van der Waals surface area (Å²) in [5.41, 5.74) is 2.48. The van der Waals surface area contributed by atoms with Crippen molar-refractivity contribution in [2.24, 2.45) is 7.05 Å². The number of fused-ring (bicyclic) bond motifs is 1. The quantitative estimate of drug-likeness (QED) is 0.732. The van der Waals surface area contributed by atoms with E-state index in [9.17, 15) is 4.79 Å². The maximum absolute atomic E-state index is 13.0. The van der Waals surface area contributed by atoms with Crippen LogP contribution in [0.5, 0.6) is 0 Å². The Kier molecular flexibility index (Phi) is 4.03. The normalized spacial score (nSPS) is 16.2. The Morgan fingerprint density at radius 3 is 2.64 bits per heavy atom. The number of halogens is 1. The average Bonchev–Trinajstić information content (AvgIpc) is 3.23. The molecule has 4 rings (SSSR count). The van der Waals surface area contributed by atoms with Gasteiger partial charge in [-0.2, -0.15) is 0 Å². The molecule has 6 nitrogen and oxygen atoms in total. The third kappa shape index (κ3) is 2.82. The molecule has 7 heteroatoms. The van der Waals surface area contributed by atoms with Gasteiger partial charge in [-0.05, 0) is 36.6 Å². The second kappa shape index (κ2) is 6.22. The largest absolute Gasteiger partial charge is 0.342 e. The minimum absolute atomic E-state index is 0.127. The maximum atomic E-state index is 13.0. The summed E-state index contributed by atoms with van der Waals surface area (Å²) in [6.07, 6.45) is 5.71. The summed E-state index contributed by atoms with van der Waals surface area (Å²) in [7, 11) is 1.77. The molecule has 0 spiro atoms. The molecule has 128 valence electrons. The van der Waals surface area contributed by atoms with E-state index in [2.05, 4.69) is 48.7 Å². The summed E-state index contributed by atoms with van der Waals surface area (Å²) in [4.78, 5) is 17.3. The van der Waals surface area contributed by atoms with E-state index in [0.717, 1.165) is 35.7 Å². The number of aryl methyl sites for hydroxylation is 1. The SMILES string of the molecule is Cn1nnc2c(C(=O)NC3(c4ccc(Br)cc4)CCCC3)ccnc21. The highest BCUT2D eigenvalue weighted by atomic mass is 79.9. The number of nitrogens with zero attached hydrogens (tertiary/aromatic N) is 4. The van der Waals surface area contributed by atoms with Crippen LogP contribution in [0.1, 0.15) is 41.6 Å². The Morgan fingerprint density at radius 1 is 1.20 bits per heavy atom. The van der Waals surface area contributed by atoms with Gasteiger partial charge in [-0.25, -0.2) is 9.67 Å². The fraction of sp³-hybridized carbons (Fsp3) is 0.333. The number of aromatic nitrogens is 4. The molecule has 1 aliphatic rings. The molecule has 1 aliphatic carbocycles. The van der Waals surface area contributed by atoms with Crippen molar-refractivity contribution >= 4 is 33.0 Å². The number of carbonyl (C=O) groups excluding carboxylic acids is 1. The standard InChI is InChI=1S/C18H18BrN5O/c1-24-16-15(22-23-24)14(8-11-20-16)17(25)21-18(9-2-3-10-18)12-4-6-13(19)7-5-12/h4-8,11H,2-3,9-10H2,1H3,(H,21,25). The van der Waals surface area contributed by atoms with E-state index in [1.54, 1.807) is 24.0 Å². The van der Waals surface area contributed by atoms with Crippen molar-refractivity contribution in [2.75, 3.05) is 0 Å². The van der Waals surface area contributed by atoms with E-state index >= 15 is 0 Å². The van der Waals surface area contributed by atoms with Crippen LogP contribution in [0.4, 0.5) is 0 Å².